The standard InChI is InChI=1S/C23H23N3O5/c1-29-19-11-18(12-20(13-19)30-2)23(28)26-9-7-25(8-10-26)22(27)17-5-3-16(4-6-17)21-14-24-15-31-21/h3-6,11-15H,7-10H2,1-2H3. The number of oxazole rings is 1. The molecule has 3 aromatic rings. The van der Waals surface area contributed by atoms with Crippen molar-refractivity contribution in [3.05, 3.63) is 66.2 Å². The lowest BCUT2D eigenvalue weighted by Crippen LogP contribution is -2.50. The van der Waals surface area contributed by atoms with E-state index >= 15 is 0 Å². The van der Waals surface area contributed by atoms with E-state index in [4.69, 9.17) is 13.9 Å². The van der Waals surface area contributed by atoms with Crippen molar-refractivity contribution in [2.75, 3.05) is 40.4 Å². The van der Waals surface area contributed by atoms with Crippen LogP contribution in [0, 0.1) is 0 Å². The molecule has 31 heavy (non-hydrogen) atoms. The Balaban J connectivity index is 1.39. The molecule has 8 nitrogen and oxygen atoms in total. The molecule has 8 heteroatoms. The number of aromatic nitrogens is 1. The summed E-state index contributed by atoms with van der Waals surface area (Å²) in [6.45, 7) is 1.85. The lowest BCUT2D eigenvalue weighted by atomic mass is 10.1. The Morgan fingerprint density at radius 3 is 1.87 bits per heavy atom. The zero-order valence-corrected chi connectivity index (χ0v) is 17.4. The van der Waals surface area contributed by atoms with Crippen molar-refractivity contribution in [3.8, 4) is 22.8 Å². The molecule has 0 bridgehead atoms. The number of benzene rings is 2. The van der Waals surface area contributed by atoms with Crippen LogP contribution in [0.3, 0.4) is 0 Å². The summed E-state index contributed by atoms with van der Waals surface area (Å²) >= 11 is 0. The number of ether oxygens (including phenoxy) is 2. The highest BCUT2D eigenvalue weighted by Gasteiger charge is 2.26. The molecule has 0 atom stereocenters. The number of nitrogens with zero attached hydrogens (tertiary/aromatic N) is 3. The van der Waals surface area contributed by atoms with Crippen LogP contribution in [0.2, 0.25) is 0 Å². The van der Waals surface area contributed by atoms with Crippen LogP contribution >= 0.6 is 0 Å². The SMILES string of the molecule is COc1cc(OC)cc(C(=O)N2CCN(C(=O)c3ccc(-c4cnco4)cc3)CC2)c1. The average Bonchev–Trinajstić information content (AvgIpc) is 3.38. The third-order valence-electron chi connectivity index (χ3n) is 5.30. The number of carbonyl (C=O) groups excluding carboxylic acids is 2. The van der Waals surface area contributed by atoms with Gasteiger partial charge < -0.3 is 23.7 Å². The van der Waals surface area contributed by atoms with Gasteiger partial charge in [-0.3, -0.25) is 9.59 Å². The van der Waals surface area contributed by atoms with E-state index in [9.17, 15) is 9.59 Å². The first-order chi connectivity index (χ1) is 15.1. The van der Waals surface area contributed by atoms with E-state index in [-0.39, 0.29) is 11.8 Å². The fourth-order valence-electron chi connectivity index (χ4n) is 3.54. The molecule has 0 unspecified atom stereocenters. The first-order valence-electron chi connectivity index (χ1n) is 9.89. The largest absolute Gasteiger partial charge is 0.497 e. The Morgan fingerprint density at radius 2 is 1.39 bits per heavy atom. The molecule has 0 saturated carbocycles. The van der Waals surface area contributed by atoms with Crippen LogP contribution in [-0.4, -0.2) is 67.0 Å². The number of rotatable bonds is 5. The molecule has 1 saturated heterocycles. The highest BCUT2D eigenvalue weighted by Crippen LogP contribution is 2.24. The summed E-state index contributed by atoms with van der Waals surface area (Å²) < 4.78 is 15.8. The number of hydrogen-bond acceptors (Lipinski definition) is 6. The molecule has 2 amide bonds. The van der Waals surface area contributed by atoms with Gasteiger partial charge >= 0.3 is 0 Å². The van der Waals surface area contributed by atoms with Crippen molar-refractivity contribution in [1.29, 1.82) is 0 Å². The van der Waals surface area contributed by atoms with Gasteiger partial charge in [-0.2, -0.15) is 0 Å². The molecule has 1 aliphatic heterocycles. The molecule has 0 aliphatic carbocycles. The third-order valence-corrected chi connectivity index (χ3v) is 5.30. The van der Waals surface area contributed by atoms with Gasteiger partial charge in [0.15, 0.2) is 12.2 Å². The topological polar surface area (TPSA) is 85.1 Å². The predicted octanol–water partition coefficient (Wildman–Crippen LogP) is 2.96. The molecule has 1 fully saturated rings. The van der Waals surface area contributed by atoms with Gasteiger partial charge in [-0.15, -0.1) is 0 Å². The molecule has 160 valence electrons. The molecule has 1 aliphatic rings. The zero-order chi connectivity index (χ0) is 21.8. The summed E-state index contributed by atoms with van der Waals surface area (Å²) in [5, 5.41) is 0. The van der Waals surface area contributed by atoms with Crippen LogP contribution in [-0.2, 0) is 0 Å². The second-order valence-electron chi connectivity index (χ2n) is 7.13. The lowest BCUT2D eigenvalue weighted by Gasteiger charge is -2.35. The summed E-state index contributed by atoms with van der Waals surface area (Å²) in [5.74, 6) is 1.61. The maximum absolute atomic E-state index is 12.9. The van der Waals surface area contributed by atoms with Crippen molar-refractivity contribution in [3.63, 3.8) is 0 Å². The smallest absolute Gasteiger partial charge is 0.254 e. The van der Waals surface area contributed by atoms with Gasteiger partial charge in [-0.1, -0.05) is 12.1 Å². The van der Waals surface area contributed by atoms with Crippen molar-refractivity contribution in [2.45, 2.75) is 0 Å². The van der Waals surface area contributed by atoms with Crippen LogP contribution in [0.1, 0.15) is 20.7 Å². The van der Waals surface area contributed by atoms with E-state index < -0.39 is 0 Å². The third kappa shape index (κ3) is 4.37. The van der Waals surface area contributed by atoms with Crippen molar-refractivity contribution >= 4 is 11.8 Å². The summed E-state index contributed by atoms with van der Waals surface area (Å²) in [4.78, 5) is 33.2. The number of amides is 2. The van der Waals surface area contributed by atoms with Crippen LogP contribution in [0.4, 0.5) is 0 Å². The second kappa shape index (κ2) is 8.91. The molecule has 0 spiro atoms. The van der Waals surface area contributed by atoms with E-state index in [1.807, 2.05) is 12.1 Å². The maximum Gasteiger partial charge on any atom is 0.254 e. The number of carbonyl (C=O) groups is 2. The molecular formula is C23H23N3O5. The Hall–Kier alpha value is -3.81. The minimum Gasteiger partial charge on any atom is -0.497 e. The van der Waals surface area contributed by atoms with Gasteiger partial charge in [-0.05, 0) is 24.3 Å². The van der Waals surface area contributed by atoms with E-state index in [1.165, 1.54) is 6.39 Å². The fourth-order valence-corrected chi connectivity index (χ4v) is 3.54. The number of piperazine rings is 1. The molecule has 0 N–H and O–H groups in total. The summed E-state index contributed by atoms with van der Waals surface area (Å²) in [6, 6.07) is 12.3. The Labute approximate surface area is 180 Å². The normalized spacial score (nSPS) is 13.7. The van der Waals surface area contributed by atoms with Crippen LogP contribution < -0.4 is 9.47 Å². The van der Waals surface area contributed by atoms with Crippen molar-refractivity contribution in [1.82, 2.24) is 14.8 Å². The Kier molecular flexibility index (Phi) is 5.88. The monoisotopic (exact) mass is 421 g/mol. The lowest BCUT2D eigenvalue weighted by molar-refractivity contribution is 0.0535. The van der Waals surface area contributed by atoms with Crippen LogP contribution in [0.15, 0.2) is 59.5 Å². The predicted molar refractivity (Wildman–Crippen MR) is 113 cm³/mol. The highest BCUT2D eigenvalue weighted by atomic mass is 16.5. The Morgan fingerprint density at radius 1 is 0.839 bits per heavy atom. The summed E-state index contributed by atoms with van der Waals surface area (Å²) in [6.07, 6.45) is 3.00. The van der Waals surface area contributed by atoms with Gasteiger partial charge in [0.2, 0.25) is 0 Å². The van der Waals surface area contributed by atoms with Crippen LogP contribution in [0.25, 0.3) is 11.3 Å². The Bertz CT molecular complexity index is 1030. The fraction of sp³-hybridized carbons (Fsp3) is 0.261. The van der Waals surface area contributed by atoms with E-state index in [0.717, 1.165) is 5.56 Å². The second-order valence-corrected chi connectivity index (χ2v) is 7.13. The van der Waals surface area contributed by atoms with Crippen molar-refractivity contribution < 1.29 is 23.5 Å². The molecule has 0 radical (unpaired) electrons. The molecule has 2 heterocycles. The molecule has 4 rings (SSSR count). The number of hydrogen-bond donors (Lipinski definition) is 0. The van der Waals surface area contributed by atoms with Gasteiger partial charge in [0, 0.05) is 48.9 Å². The minimum absolute atomic E-state index is 0.0562. The van der Waals surface area contributed by atoms with E-state index in [1.54, 1.807) is 60.5 Å². The highest BCUT2D eigenvalue weighted by molar-refractivity contribution is 5.96. The van der Waals surface area contributed by atoms with E-state index in [2.05, 4.69) is 4.98 Å². The van der Waals surface area contributed by atoms with Crippen molar-refractivity contribution in [2.24, 2.45) is 0 Å². The first-order valence-corrected chi connectivity index (χ1v) is 9.89. The molecule has 1 aromatic heterocycles. The zero-order valence-electron chi connectivity index (χ0n) is 17.4. The molecule has 2 aromatic carbocycles. The van der Waals surface area contributed by atoms with Gasteiger partial charge in [0.25, 0.3) is 11.8 Å². The molecular weight excluding hydrogens is 398 g/mol. The van der Waals surface area contributed by atoms with Gasteiger partial charge in [-0.25, -0.2) is 4.98 Å². The first kappa shape index (κ1) is 20.5. The summed E-state index contributed by atoms with van der Waals surface area (Å²) in [5.41, 5.74) is 1.96. The van der Waals surface area contributed by atoms with Gasteiger partial charge in [0.1, 0.15) is 11.5 Å². The van der Waals surface area contributed by atoms with E-state index in [0.29, 0.717) is 54.6 Å². The maximum atomic E-state index is 12.9. The number of methoxy groups -OCH3 is 2. The summed E-state index contributed by atoms with van der Waals surface area (Å²) in [7, 11) is 3.09. The van der Waals surface area contributed by atoms with Gasteiger partial charge in [0.05, 0.1) is 20.4 Å². The minimum atomic E-state index is -0.110. The quantitative estimate of drug-likeness (QED) is 0.630. The average molecular weight is 421 g/mol. The van der Waals surface area contributed by atoms with Crippen LogP contribution in [0.5, 0.6) is 11.5 Å².